The number of halogens is 2. The van der Waals surface area contributed by atoms with Gasteiger partial charge < -0.3 is 38.6 Å². The summed E-state index contributed by atoms with van der Waals surface area (Å²) in [6.07, 6.45) is -0.398. The molecule has 2 aromatic rings. The fourth-order valence-electron chi connectivity index (χ4n) is 4.77. The Morgan fingerprint density at radius 1 is 1.23 bits per heavy atom. The summed E-state index contributed by atoms with van der Waals surface area (Å²) in [6.45, 7) is 3.31. The minimum Gasteiger partial charge on any atom is -0.482 e. The number of benzene rings is 1. The smallest absolute Gasteiger partial charge is 0.482 e. The maximum Gasteiger partial charge on any atom is 0.514 e. The van der Waals surface area contributed by atoms with Crippen LogP contribution in [0, 0.1) is 11.6 Å². The summed E-state index contributed by atoms with van der Waals surface area (Å²) >= 11 is 0. The van der Waals surface area contributed by atoms with Crippen LogP contribution in [-0.4, -0.2) is 79.5 Å². The van der Waals surface area contributed by atoms with E-state index < -0.39 is 58.5 Å². The standard InChI is InChI=1S/C28H32F2N4O9/c1-15-7-8-41-32-22(40-4)10-19-12-33(15)27(37)23-25(43-28(38)42-16(2)14-39-3)24(35)20(13-34(19)23)26(36)31-11-17-5-6-18(29)9-21(17)30/h5-6,9,13,15-16,19H,7-8,10-12,14H2,1-4H3,(H,31,36)/b32-22+/t15-,16-,19-/m0/s1. The fraction of sp³-hybridized carbons (Fsp3) is 0.464. The quantitative estimate of drug-likeness (QED) is 0.470. The van der Waals surface area contributed by atoms with Crippen molar-refractivity contribution in [2.24, 2.45) is 5.16 Å². The van der Waals surface area contributed by atoms with E-state index in [4.69, 9.17) is 23.8 Å². The average molecular weight is 607 g/mol. The Hall–Kier alpha value is -4.53. The highest BCUT2D eigenvalue weighted by Gasteiger charge is 2.40. The molecule has 13 nitrogen and oxygen atoms in total. The second-order valence-corrected chi connectivity index (χ2v) is 10.1. The lowest BCUT2D eigenvalue weighted by Crippen LogP contribution is -2.50. The monoisotopic (exact) mass is 606 g/mol. The third-order valence-electron chi connectivity index (χ3n) is 7.01. The maximum atomic E-state index is 14.2. The molecule has 2 bridgehead atoms. The number of amides is 2. The number of methoxy groups -OCH3 is 2. The molecule has 0 fully saturated rings. The van der Waals surface area contributed by atoms with Crippen LogP contribution < -0.4 is 15.5 Å². The van der Waals surface area contributed by atoms with Gasteiger partial charge in [0.15, 0.2) is 5.69 Å². The van der Waals surface area contributed by atoms with E-state index in [9.17, 15) is 28.0 Å². The molecule has 2 aliphatic heterocycles. The van der Waals surface area contributed by atoms with Crippen molar-refractivity contribution in [2.75, 3.05) is 34.0 Å². The van der Waals surface area contributed by atoms with Gasteiger partial charge in [-0.15, -0.1) is 0 Å². The molecule has 1 N–H and O–H groups in total. The Morgan fingerprint density at radius 2 is 2.00 bits per heavy atom. The normalized spacial score (nSPS) is 20.1. The van der Waals surface area contributed by atoms with Crippen molar-refractivity contribution in [3.63, 3.8) is 0 Å². The van der Waals surface area contributed by atoms with Crippen molar-refractivity contribution >= 4 is 23.9 Å². The van der Waals surface area contributed by atoms with Gasteiger partial charge in [-0.1, -0.05) is 11.2 Å². The molecule has 1 aromatic heterocycles. The predicted octanol–water partition coefficient (Wildman–Crippen LogP) is 2.76. The van der Waals surface area contributed by atoms with Gasteiger partial charge in [-0.05, 0) is 19.9 Å². The molecule has 0 spiro atoms. The van der Waals surface area contributed by atoms with Crippen LogP contribution >= 0.6 is 0 Å². The van der Waals surface area contributed by atoms with Crippen molar-refractivity contribution in [3.8, 4) is 5.75 Å². The average Bonchev–Trinajstić information content (AvgIpc) is 2.96. The number of rotatable bonds is 7. The predicted molar refractivity (Wildman–Crippen MR) is 146 cm³/mol. The number of carbonyl (C=O) groups is 3. The maximum absolute atomic E-state index is 14.2. The minimum absolute atomic E-state index is 0.0298. The summed E-state index contributed by atoms with van der Waals surface area (Å²) in [6, 6.07) is 1.85. The minimum atomic E-state index is -1.29. The molecule has 15 heteroatoms. The van der Waals surface area contributed by atoms with E-state index in [1.54, 1.807) is 6.92 Å². The molecule has 2 aliphatic rings. The molecular formula is C28H32F2N4O9. The summed E-state index contributed by atoms with van der Waals surface area (Å²) in [5, 5.41) is 6.43. The molecule has 0 radical (unpaired) electrons. The molecule has 3 heterocycles. The van der Waals surface area contributed by atoms with Crippen LogP contribution in [0.3, 0.4) is 0 Å². The second kappa shape index (κ2) is 13.6. The number of fused-ring (bicyclic) bond motifs is 4. The molecule has 0 saturated carbocycles. The van der Waals surface area contributed by atoms with E-state index in [0.29, 0.717) is 12.5 Å². The van der Waals surface area contributed by atoms with Gasteiger partial charge in [0.25, 0.3) is 11.8 Å². The van der Waals surface area contributed by atoms with Crippen LogP contribution in [0.5, 0.6) is 5.75 Å². The van der Waals surface area contributed by atoms with Gasteiger partial charge in [-0.25, -0.2) is 13.6 Å². The van der Waals surface area contributed by atoms with Gasteiger partial charge in [0.1, 0.15) is 29.9 Å². The molecule has 0 saturated heterocycles. The van der Waals surface area contributed by atoms with E-state index in [1.165, 1.54) is 36.8 Å². The van der Waals surface area contributed by atoms with Gasteiger partial charge in [0.05, 0.1) is 19.8 Å². The molecule has 3 atom stereocenters. The number of nitrogens with zero attached hydrogens (tertiary/aromatic N) is 3. The Kier molecular flexibility index (Phi) is 9.95. The zero-order chi connectivity index (χ0) is 31.3. The van der Waals surface area contributed by atoms with Gasteiger partial charge in [-0.2, -0.15) is 0 Å². The van der Waals surface area contributed by atoms with E-state index in [0.717, 1.165) is 12.1 Å². The highest BCUT2D eigenvalue weighted by atomic mass is 19.1. The Labute approximate surface area is 245 Å². The highest BCUT2D eigenvalue weighted by Crippen LogP contribution is 2.32. The summed E-state index contributed by atoms with van der Waals surface area (Å²) in [4.78, 5) is 60.4. The van der Waals surface area contributed by atoms with Gasteiger partial charge in [-0.3, -0.25) is 14.4 Å². The zero-order valence-corrected chi connectivity index (χ0v) is 24.1. The summed E-state index contributed by atoms with van der Waals surface area (Å²) in [5.41, 5.74) is -1.88. The molecule has 4 rings (SSSR count). The molecule has 2 amide bonds. The van der Waals surface area contributed by atoms with Crippen LogP contribution in [0.4, 0.5) is 13.6 Å². The molecule has 0 aliphatic carbocycles. The number of hydrogen-bond acceptors (Lipinski definition) is 10. The van der Waals surface area contributed by atoms with Crippen molar-refractivity contribution in [1.82, 2.24) is 14.8 Å². The van der Waals surface area contributed by atoms with E-state index in [1.807, 2.05) is 0 Å². The van der Waals surface area contributed by atoms with Crippen molar-refractivity contribution in [3.05, 3.63) is 63.1 Å². The van der Waals surface area contributed by atoms with E-state index in [-0.39, 0.29) is 55.9 Å². The van der Waals surface area contributed by atoms with Crippen molar-refractivity contribution < 1.29 is 46.9 Å². The SMILES string of the molecule is COC[C@H](C)OC(=O)Oc1c2n(cc(C(=O)NCc3ccc(F)cc3F)c1=O)[C@H]1C/C(OC)=N\OCC[C@H](C)N(C1)C2=O. The molecule has 1 aromatic carbocycles. The summed E-state index contributed by atoms with van der Waals surface area (Å²) in [7, 11) is 2.80. The van der Waals surface area contributed by atoms with Crippen LogP contribution in [-0.2, 0) is 25.6 Å². The third kappa shape index (κ3) is 7.10. The number of carbonyl (C=O) groups excluding carboxylic acids is 3. The summed E-state index contributed by atoms with van der Waals surface area (Å²) in [5.74, 6) is -3.79. The highest BCUT2D eigenvalue weighted by molar-refractivity contribution is 6.00. The first kappa shape index (κ1) is 31.4. The van der Waals surface area contributed by atoms with E-state index >= 15 is 0 Å². The van der Waals surface area contributed by atoms with Crippen molar-refractivity contribution in [2.45, 2.75) is 51.4 Å². The first-order valence-electron chi connectivity index (χ1n) is 13.5. The number of pyridine rings is 1. The first-order chi connectivity index (χ1) is 20.5. The number of hydrogen-bond donors (Lipinski definition) is 1. The number of ether oxygens (including phenoxy) is 4. The third-order valence-corrected chi connectivity index (χ3v) is 7.01. The first-order valence-corrected chi connectivity index (χ1v) is 13.5. The van der Waals surface area contributed by atoms with Gasteiger partial charge >= 0.3 is 6.16 Å². The molecular weight excluding hydrogens is 574 g/mol. The van der Waals surface area contributed by atoms with Crippen LogP contribution in [0.15, 0.2) is 34.3 Å². The molecule has 232 valence electrons. The summed E-state index contributed by atoms with van der Waals surface area (Å²) < 4.78 is 49.6. The topological polar surface area (TPSA) is 147 Å². The lowest BCUT2D eigenvalue weighted by molar-refractivity contribution is 0.0238. The van der Waals surface area contributed by atoms with Crippen LogP contribution in [0.25, 0.3) is 0 Å². The number of nitrogens with one attached hydrogen (secondary N) is 1. The Balaban J connectivity index is 1.80. The van der Waals surface area contributed by atoms with Crippen molar-refractivity contribution in [1.29, 1.82) is 0 Å². The van der Waals surface area contributed by atoms with Crippen LogP contribution in [0.1, 0.15) is 59.1 Å². The Morgan fingerprint density at radius 3 is 2.70 bits per heavy atom. The molecule has 0 unspecified atom stereocenters. The van der Waals surface area contributed by atoms with E-state index in [2.05, 4.69) is 10.5 Å². The van der Waals surface area contributed by atoms with Gasteiger partial charge in [0.2, 0.25) is 17.1 Å². The number of oxime groups is 1. The lowest BCUT2D eigenvalue weighted by Gasteiger charge is -2.40. The van der Waals surface area contributed by atoms with Crippen LogP contribution in [0.2, 0.25) is 0 Å². The fourth-order valence-corrected chi connectivity index (χ4v) is 4.77. The lowest BCUT2D eigenvalue weighted by atomic mass is 10.0. The van der Waals surface area contributed by atoms with Gasteiger partial charge in [0, 0.05) is 56.9 Å². The largest absolute Gasteiger partial charge is 0.514 e. The second-order valence-electron chi connectivity index (χ2n) is 10.1. The number of aromatic nitrogens is 1. The molecule has 43 heavy (non-hydrogen) atoms. The Bertz CT molecular complexity index is 1480. The zero-order valence-electron chi connectivity index (χ0n) is 24.1.